The lowest BCUT2D eigenvalue weighted by molar-refractivity contribution is 0.102. The molecule has 19 heavy (non-hydrogen) atoms. The van der Waals surface area contributed by atoms with Crippen molar-refractivity contribution in [2.75, 3.05) is 26.0 Å². The molecular weight excluding hydrogens is 236 g/mol. The number of hydrogen-bond donors (Lipinski definition) is 2. The van der Waals surface area contributed by atoms with Crippen molar-refractivity contribution in [1.29, 1.82) is 0 Å². The Morgan fingerprint density at radius 2 is 2.05 bits per heavy atom. The highest BCUT2D eigenvalue weighted by molar-refractivity contribution is 5.50. The van der Waals surface area contributed by atoms with Crippen LogP contribution < -0.4 is 11.1 Å². The van der Waals surface area contributed by atoms with E-state index in [0.717, 1.165) is 25.3 Å². The van der Waals surface area contributed by atoms with Crippen LogP contribution in [0.25, 0.3) is 0 Å². The average Bonchev–Trinajstić information content (AvgIpc) is 2.33. The van der Waals surface area contributed by atoms with E-state index in [9.17, 15) is 0 Å². The summed E-state index contributed by atoms with van der Waals surface area (Å²) in [4.78, 5) is 0. The van der Waals surface area contributed by atoms with Crippen molar-refractivity contribution in [3.05, 3.63) is 29.3 Å². The van der Waals surface area contributed by atoms with E-state index < -0.39 is 0 Å². The van der Waals surface area contributed by atoms with Gasteiger partial charge in [0, 0.05) is 30.8 Å². The van der Waals surface area contributed by atoms with Gasteiger partial charge in [0.2, 0.25) is 0 Å². The maximum Gasteiger partial charge on any atom is 0.0525 e. The summed E-state index contributed by atoms with van der Waals surface area (Å²) in [5.41, 5.74) is 9.51. The summed E-state index contributed by atoms with van der Waals surface area (Å²) in [5.74, 6) is 0. The summed E-state index contributed by atoms with van der Waals surface area (Å²) in [6.07, 6.45) is 1.000. The first-order valence-electron chi connectivity index (χ1n) is 6.92. The molecule has 0 aliphatic carbocycles. The summed E-state index contributed by atoms with van der Waals surface area (Å²) in [6, 6.07) is 6.57. The van der Waals surface area contributed by atoms with E-state index in [1.165, 1.54) is 11.1 Å². The number of nitrogens with one attached hydrogen (secondary N) is 1. The average molecular weight is 264 g/mol. The van der Waals surface area contributed by atoms with Gasteiger partial charge < -0.3 is 15.8 Å². The van der Waals surface area contributed by atoms with Crippen molar-refractivity contribution in [2.24, 2.45) is 5.41 Å². The lowest BCUT2D eigenvalue weighted by Gasteiger charge is -2.26. The van der Waals surface area contributed by atoms with Crippen molar-refractivity contribution in [1.82, 2.24) is 5.32 Å². The van der Waals surface area contributed by atoms with Gasteiger partial charge in [0.1, 0.15) is 0 Å². The molecule has 0 aliphatic heterocycles. The molecule has 3 nitrogen and oxygen atoms in total. The molecule has 1 atom stereocenters. The number of rotatable bonds is 7. The Kier molecular flexibility index (Phi) is 5.83. The molecule has 0 fully saturated rings. The van der Waals surface area contributed by atoms with E-state index in [1.54, 1.807) is 7.11 Å². The van der Waals surface area contributed by atoms with Crippen LogP contribution in [-0.4, -0.2) is 26.3 Å². The molecule has 1 aromatic rings. The maximum atomic E-state index is 5.94. The van der Waals surface area contributed by atoms with Gasteiger partial charge >= 0.3 is 0 Å². The Bertz CT molecular complexity index is 402. The molecule has 0 bridgehead atoms. The fraction of sp³-hybridized carbons (Fsp3) is 0.625. The first-order chi connectivity index (χ1) is 8.85. The highest BCUT2D eigenvalue weighted by Gasteiger charge is 2.18. The van der Waals surface area contributed by atoms with Gasteiger partial charge in [-0.3, -0.25) is 0 Å². The Balaban J connectivity index is 2.51. The van der Waals surface area contributed by atoms with Crippen LogP contribution in [0.3, 0.4) is 0 Å². The summed E-state index contributed by atoms with van der Waals surface area (Å²) in [7, 11) is 1.75. The van der Waals surface area contributed by atoms with Crippen LogP contribution in [0.5, 0.6) is 0 Å². The number of hydrogen-bond acceptors (Lipinski definition) is 3. The first kappa shape index (κ1) is 16.0. The van der Waals surface area contributed by atoms with Gasteiger partial charge in [-0.25, -0.2) is 0 Å². The second-order valence-corrected chi connectivity index (χ2v) is 6.21. The monoisotopic (exact) mass is 264 g/mol. The molecule has 1 aromatic carbocycles. The lowest BCUT2D eigenvalue weighted by Crippen LogP contribution is -2.38. The molecule has 3 N–H and O–H groups in total. The van der Waals surface area contributed by atoms with Gasteiger partial charge in [-0.05, 0) is 37.5 Å². The Labute approximate surface area is 117 Å². The third kappa shape index (κ3) is 5.21. The van der Waals surface area contributed by atoms with Gasteiger partial charge in [-0.15, -0.1) is 0 Å². The van der Waals surface area contributed by atoms with E-state index >= 15 is 0 Å². The fourth-order valence-corrected chi connectivity index (χ4v) is 2.22. The van der Waals surface area contributed by atoms with Crippen molar-refractivity contribution in [3.63, 3.8) is 0 Å². The molecule has 0 saturated carbocycles. The number of methoxy groups -OCH3 is 1. The normalized spacial score (nSPS) is 13.5. The van der Waals surface area contributed by atoms with Crippen LogP contribution in [0.2, 0.25) is 0 Å². The Hall–Kier alpha value is -1.06. The second kappa shape index (κ2) is 6.92. The standard InChI is InChI=1S/C16H28N2O/c1-12(18-10-16(3,4)11-19-5)9-14-7-6-8-15(17)13(14)2/h6-8,12,18H,9-11,17H2,1-5H3/t12-/m1/s1. The first-order valence-corrected chi connectivity index (χ1v) is 6.92. The Morgan fingerprint density at radius 1 is 1.37 bits per heavy atom. The highest BCUT2D eigenvalue weighted by atomic mass is 16.5. The molecule has 0 amide bonds. The van der Waals surface area contributed by atoms with Crippen LogP contribution in [0, 0.1) is 12.3 Å². The number of benzene rings is 1. The van der Waals surface area contributed by atoms with Gasteiger partial charge in [0.15, 0.2) is 0 Å². The minimum atomic E-state index is 0.160. The van der Waals surface area contributed by atoms with E-state index in [4.69, 9.17) is 10.5 Å². The smallest absolute Gasteiger partial charge is 0.0525 e. The lowest BCUT2D eigenvalue weighted by atomic mass is 9.93. The van der Waals surface area contributed by atoms with Crippen LogP contribution in [-0.2, 0) is 11.2 Å². The molecule has 108 valence electrons. The van der Waals surface area contributed by atoms with Gasteiger partial charge in [-0.1, -0.05) is 26.0 Å². The topological polar surface area (TPSA) is 47.3 Å². The van der Waals surface area contributed by atoms with Crippen LogP contribution in [0.15, 0.2) is 18.2 Å². The zero-order valence-electron chi connectivity index (χ0n) is 12.9. The highest BCUT2D eigenvalue weighted by Crippen LogP contribution is 2.18. The van der Waals surface area contributed by atoms with Crippen LogP contribution in [0.4, 0.5) is 5.69 Å². The van der Waals surface area contributed by atoms with Crippen molar-refractivity contribution in [3.8, 4) is 0 Å². The maximum absolute atomic E-state index is 5.94. The number of anilines is 1. The van der Waals surface area contributed by atoms with Gasteiger partial charge in [0.05, 0.1) is 6.61 Å². The van der Waals surface area contributed by atoms with Crippen molar-refractivity contribution in [2.45, 2.75) is 40.2 Å². The van der Waals surface area contributed by atoms with E-state index in [0.29, 0.717) is 6.04 Å². The van der Waals surface area contributed by atoms with E-state index in [-0.39, 0.29) is 5.41 Å². The number of nitrogens with two attached hydrogens (primary N) is 1. The minimum absolute atomic E-state index is 0.160. The largest absolute Gasteiger partial charge is 0.399 e. The quantitative estimate of drug-likeness (QED) is 0.744. The zero-order chi connectivity index (χ0) is 14.5. The minimum Gasteiger partial charge on any atom is -0.399 e. The van der Waals surface area contributed by atoms with Crippen molar-refractivity contribution >= 4 is 5.69 Å². The molecule has 0 aliphatic rings. The number of nitrogen functional groups attached to an aromatic ring is 1. The predicted octanol–water partition coefficient (Wildman–Crippen LogP) is 2.77. The molecule has 0 unspecified atom stereocenters. The van der Waals surface area contributed by atoms with E-state index in [1.807, 2.05) is 12.1 Å². The number of ether oxygens (including phenoxy) is 1. The SMILES string of the molecule is COCC(C)(C)CN[C@H](C)Cc1cccc(N)c1C. The summed E-state index contributed by atoms with van der Waals surface area (Å²) >= 11 is 0. The third-order valence-electron chi connectivity index (χ3n) is 3.48. The molecule has 0 aromatic heterocycles. The van der Waals surface area contributed by atoms with Gasteiger partial charge in [0.25, 0.3) is 0 Å². The molecule has 1 rings (SSSR count). The van der Waals surface area contributed by atoms with Gasteiger partial charge in [-0.2, -0.15) is 0 Å². The molecular formula is C16H28N2O. The molecule has 3 heteroatoms. The summed E-state index contributed by atoms with van der Waals surface area (Å²) < 4.78 is 5.24. The predicted molar refractivity (Wildman–Crippen MR) is 82.4 cm³/mol. The van der Waals surface area contributed by atoms with E-state index in [2.05, 4.69) is 39.1 Å². The van der Waals surface area contributed by atoms with Crippen LogP contribution in [0.1, 0.15) is 31.9 Å². The fourth-order valence-electron chi connectivity index (χ4n) is 2.22. The van der Waals surface area contributed by atoms with Crippen molar-refractivity contribution < 1.29 is 4.74 Å². The summed E-state index contributed by atoms with van der Waals surface area (Å²) in [6.45, 7) is 10.4. The van der Waals surface area contributed by atoms with Crippen LogP contribution >= 0.6 is 0 Å². The second-order valence-electron chi connectivity index (χ2n) is 6.21. The zero-order valence-corrected chi connectivity index (χ0v) is 12.9. The third-order valence-corrected chi connectivity index (χ3v) is 3.48. The molecule has 0 spiro atoms. The molecule has 0 heterocycles. The molecule has 0 radical (unpaired) electrons. The Morgan fingerprint density at radius 3 is 2.68 bits per heavy atom. The summed E-state index contributed by atoms with van der Waals surface area (Å²) in [5, 5.41) is 3.58. The molecule has 0 saturated heterocycles.